The molecular weight excluding hydrogens is 236 g/mol. The highest BCUT2D eigenvalue weighted by Crippen LogP contribution is 2.20. The maximum atomic E-state index is 11.6. The standard InChI is InChI=1S/C8H10N2O3S2/c1-13-5-4-10-15(11,12)8-3-2-7(6-9)14-8/h2-3,10H,4-5H2,1H3. The summed E-state index contributed by atoms with van der Waals surface area (Å²) in [4.78, 5) is 0.377. The van der Waals surface area contributed by atoms with Gasteiger partial charge in [0.1, 0.15) is 15.2 Å². The molecule has 0 spiro atoms. The number of nitriles is 1. The normalized spacial score (nSPS) is 11.2. The molecule has 0 aliphatic heterocycles. The number of nitrogens with zero attached hydrogens (tertiary/aromatic N) is 1. The van der Waals surface area contributed by atoms with Gasteiger partial charge in [0.25, 0.3) is 0 Å². The molecule has 0 aliphatic carbocycles. The Bertz CT molecular complexity index is 458. The fourth-order valence-corrected chi connectivity index (χ4v) is 3.03. The van der Waals surface area contributed by atoms with Gasteiger partial charge >= 0.3 is 0 Å². The molecule has 0 saturated heterocycles. The lowest BCUT2D eigenvalue weighted by molar-refractivity contribution is 0.204. The summed E-state index contributed by atoms with van der Waals surface area (Å²) in [7, 11) is -1.99. The predicted molar refractivity (Wildman–Crippen MR) is 56.1 cm³/mol. The van der Waals surface area contributed by atoms with Crippen molar-refractivity contribution < 1.29 is 13.2 Å². The number of sulfonamides is 1. The Morgan fingerprint density at radius 3 is 2.87 bits per heavy atom. The van der Waals surface area contributed by atoms with Crippen LogP contribution < -0.4 is 4.72 Å². The van der Waals surface area contributed by atoms with Gasteiger partial charge in [0, 0.05) is 13.7 Å². The van der Waals surface area contributed by atoms with Crippen LogP contribution in [-0.4, -0.2) is 28.7 Å². The molecule has 0 amide bonds. The highest BCUT2D eigenvalue weighted by molar-refractivity contribution is 7.91. The van der Waals surface area contributed by atoms with Crippen LogP contribution in [0.1, 0.15) is 4.88 Å². The zero-order chi connectivity index (χ0) is 11.3. The average molecular weight is 246 g/mol. The van der Waals surface area contributed by atoms with Gasteiger partial charge in [-0.2, -0.15) is 5.26 Å². The Balaban J connectivity index is 2.74. The van der Waals surface area contributed by atoms with E-state index < -0.39 is 10.0 Å². The smallest absolute Gasteiger partial charge is 0.250 e. The topological polar surface area (TPSA) is 79.2 Å². The maximum absolute atomic E-state index is 11.6. The number of hydrogen-bond donors (Lipinski definition) is 1. The first-order chi connectivity index (χ1) is 7.10. The Kier molecular flexibility index (Phi) is 4.23. The number of ether oxygens (including phenoxy) is 1. The van der Waals surface area contributed by atoms with E-state index in [0.717, 1.165) is 11.3 Å². The zero-order valence-corrected chi connectivity index (χ0v) is 9.69. The lowest BCUT2D eigenvalue weighted by Crippen LogP contribution is -2.26. The minimum Gasteiger partial charge on any atom is -0.383 e. The molecule has 0 saturated carbocycles. The van der Waals surface area contributed by atoms with Gasteiger partial charge in [-0.1, -0.05) is 0 Å². The van der Waals surface area contributed by atoms with E-state index >= 15 is 0 Å². The van der Waals surface area contributed by atoms with Crippen molar-refractivity contribution in [1.29, 1.82) is 5.26 Å². The minimum atomic E-state index is -3.48. The van der Waals surface area contributed by atoms with Crippen LogP contribution in [0.2, 0.25) is 0 Å². The fourth-order valence-electron chi connectivity index (χ4n) is 0.874. The van der Waals surface area contributed by atoms with E-state index in [1.807, 2.05) is 6.07 Å². The molecule has 15 heavy (non-hydrogen) atoms. The molecule has 1 aromatic rings. The van der Waals surface area contributed by atoms with Gasteiger partial charge in [-0.25, -0.2) is 13.1 Å². The van der Waals surface area contributed by atoms with E-state index in [9.17, 15) is 8.42 Å². The molecule has 1 N–H and O–H groups in total. The van der Waals surface area contributed by atoms with Crippen molar-refractivity contribution in [2.75, 3.05) is 20.3 Å². The summed E-state index contributed by atoms with van der Waals surface area (Å²) in [6.07, 6.45) is 0. The van der Waals surface area contributed by atoms with Crippen LogP contribution in [0, 0.1) is 11.3 Å². The second-order valence-electron chi connectivity index (χ2n) is 2.62. The van der Waals surface area contributed by atoms with Crippen LogP contribution in [0.5, 0.6) is 0 Å². The van der Waals surface area contributed by atoms with Gasteiger partial charge in [-0.05, 0) is 12.1 Å². The Hall–Kier alpha value is -0.940. The molecular formula is C8H10N2O3S2. The molecule has 0 bridgehead atoms. The third kappa shape index (κ3) is 3.28. The van der Waals surface area contributed by atoms with Gasteiger partial charge in [-0.15, -0.1) is 11.3 Å². The number of thiophene rings is 1. The summed E-state index contributed by atoms with van der Waals surface area (Å²) in [5, 5.41) is 8.56. The molecule has 1 aromatic heterocycles. The lowest BCUT2D eigenvalue weighted by atomic mass is 10.5. The number of nitrogens with one attached hydrogen (secondary N) is 1. The molecule has 0 fully saturated rings. The van der Waals surface area contributed by atoms with Crippen LogP contribution >= 0.6 is 11.3 Å². The third-order valence-electron chi connectivity index (χ3n) is 1.55. The summed E-state index contributed by atoms with van der Waals surface area (Å²) >= 11 is 0.945. The number of rotatable bonds is 5. The molecule has 1 rings (SSSR count). The first-order valence-corrected chi connectivity index (χ1v) is 6.38. The van der Waals surface area contributed by atoms with Crippen LogP contribution in [0.3, 0.4) is 0 Å². The predicted octanol–water partition coefficient (Wildman–Crippen LogP) is 0.544. The highest BCUT2D eigenvalue weighted by atomic mass is 32.2. The van der Waals surface area contributed by atoms with Crippen molar-refractivity contribution in [2.45, 2.75) is 4.21 Å². The quantitative estimate of drug-likeness (QED) is 0.769. The average Bonchev–Trinajstić information content (AvgIpc) is 2.66. The Labute approximate surface area is 92.3 Å². The monoisotopic (exact) mass is 246 g/mol. The van der Waals surface area contributed by atoms with Gasteiger partial charge in [0.15, 0.2) is 0 Å². The fraction of sp³-hybridized carbons (Fsp3) is 0.375. The van der Waals surface area contributed by atoms with Crippen molar-refractivity contribution in [1.82, 2.24) is 4.72 Å². The summed E-state index contributed by atoms with van der Waals surface area (Å²) < 4.78 is 30.4. The van der Waals surface area contributed by atoms with Gasteiger partial charge in [-0.3, -0.25) is 0 Å². The lowest BCUT2D eigenvalue weighted by Gasteiger charge is -2.02. The van der Waals surface area contributed by atoms with E-state index in [4.69, 9.17) is 10.00 Å². The second-order valence-corrected chi connectivity index (χ2v) is 5.70. The molecule has 5 nitrogen and oxygen atoms in total. The molecule has 82 valence electrons. The summed E-state index contributed by atoms with van der Waals surface area (Å²) in [5.41, 5.74) is 0. The first-order valence-electron chi connectivity index (χ1n) is 4.08. The summed E-state index contributed by atoms with van der Waals surface area (Å²) in [6.45, 7) is 0.536. The molecule has 0 radical (unpaired) electrons. The Morgan fingerprint density at radius 2 is 2.33 bits per heavy atom. The third-order valence-corrected chi connectivity index (χ3v) is 4.50. The molecule has 0 aliphatic rings. The van der Waals surface area contributed by atoms with E-state index in [2.05, 4.69) is 4.72 Å². The van der Waals surface area contributed by atoms with Crippen molar-refractivity contribution in [3.63, 3.8) is 0 Å². The van der Waals surface area contributed by atoms with Gasteiger partial charge in [0.05, 0.1) is 6.61 Å². The second kappa shape index (κ2) is 5.23. The van der Waals surface area contributed by atoms with E-state index in [-0.39, 0.29) is 10.8 Å². The molecule has 0 aromatic carbocycles. The van der Waals surface area contributed by atoms with Crippen LogP contribution in [0.25, 0.3) is 0 Å². The van der Waals surface area contributed by atoms with Crippen molar-refractivity contribution >= 4 is 21.4 Å². The van der Waals surface area contributed by atoms with E-state index in [1.165, 1.54) is 19.2 Å². The van der Waals surface area contributed by atoms with Crippen molar-refractivity contribution in [3.8, 4) is 6.07 Å². The van der Waals surface area contributed by atoms with Crippen LogP contribution in [0.4, 0.5) is 0 Å². The van der Waals surface area contributed by atoms with E-state index in [0.29, 0.717) is 11.5 Å². The molecule has 0 atom stereocenters. The minimum absolute atomic E-state index is 0.148. The number of methoxy groups -OCH3 is 1. The molecule has 1 heterocycles. The van der Waals surface area contributed by atoms with Crippen molar-refractivity contribution in [3.05, 3.63) is 17.0 Å². The largest absolute Gasteiger partial charge is 0.383 e. The SMILES string of the molecule is COCCNS(=O)(=O)c1ccc(C#N)s1. The van der Waals surface area contributed by atoms with Crippen LogP contribution in [-0.2, 0) is 14.8 Å². The van der Waals surface area contributed by atoms with E-state index in [1.54, 1.807) is 0 Å². The molecule has 0 unspecified atom stereocenters. The number of hydrogen-bond acceptors (Lipinski definition) is 5. The first kappa shape index (κ1) is 12.1. The highest BCUT2D eigenvalue weighted by Gasteiger charge is 2.15. The zero-order valence-electron chi connectivity index (χ0n) is 8.06. The van der Waals surface area contributed by atoms with Gasteiger partial charge in [0.2, 0.25) is 10.0 Å². The van der Waals surface area contributed by atoms with Crippen LogP contribution in [0.15, 0.2) is 16.3 Å². The van der Waals surface area contributed by atoms with Crippen molar-refractivity contribution in [2.24, 2.45) is 0 Å². The maximum Gasteiger partial charge on any atom is 0.250 e. The molecule has 7 heteroatoms. The summed E-state index contributed by atoms with van der Waals surface area (Å²) in [6, 6.07) is 4.79. The summed E-state index contributed by atoms with van der Waals surface area (Å²) in [5.74, 6) is 0. The Morgan fingerprint density at radius 1 is 1.60 bits per heavy atom. The van der Waals surface area contributed by atoms with Gasteiger partial charge < -0.3 is 4.74 Å².